The van der Waals surface area contributed by atoms with Crippen molar-refractivity contribution >= 4 is 21.9 Å². The molecule has 2 N–H and O–H groups in total. The van der Waals surface area contributed by atoms with Gasteiger partial charge in [-0.05, 0) is 13.8 Å². The summed E-state index contributed by atoms with van der Waals surface area (Å²) < 4.78 is 29.9. The number of carbonyl (C=O) groups excluding carboxylic acids is 1. The summed E-state index contributed by atoms with van der Waals surface area (Å²) in [5.74, 6) is -2.14. The van der Waals surface area contributed by atoms with E-state index in [1.54, 1.807) is 13.8 Å². The maximum absolute atomic E-state index is 12.0. The van der Waals surface area contributed by atoms with Crippen molar-refractivity contribution in [3.05, 3.63) is 0 Å². The first-order valence-corrected chi connectivity index (χ1v) is 7.45. The zero-order chi connectivity index (χ0) is 14.6. The number of amides is 1. The molecule has 1 fully saturated rings. The van der Waals surface area contributed by atoms with E-state index in [0.29, 0.717) is 0 Å². The second-order valence-electron chi connectivity index (χ2n) is 4.44. The number of carbonyl (C=O) groups is 2. The second kappa shape index (κ2) is 6.31. The van der Waals surface area contributed by atoms with Gasteiger partial charge in [0.05, 0.1) is 25.0 Å². The van der Waals surface area contributed by atoms with Gasteiger partial charge in [0.1, 0.15) is 6.04 Å². The minimum atomic E-state index is -3.84. The van der Waals surface area contributed by atoms with Crippen LogP contribution in [-0.4, -0.2) is 67.3 Å². The molecule has 110 valence electrons. The summed E-state index contributed by atoms with van der Waals surface area (Å²) in [4.78, 5) is 22.2. The summed E-state index contributed by atoms with van der Waals surface area (Å²) in [6.07, 6.45) is -0.116. The van der Waals surface area contributed by atoms with Crippen LogP contribution >= 0.6 is 0 Å². The van der Waals surface area contributed by atoms with Crippen molar-refractivity contribution in [2.24, 2.45) is 0 Å². The number of nitrogens with zero attached hydrogens (tertiary/aromatic N) is 1. The van der Waals surface area contributed by atoms with E-state index in [0.717, 1.165) is 4.31 Å². The third-order valence-corrected chi connectivity index (χ3v) is 4.36. The molecule has 0 aromatic heterocycles. The second-order valence-corrected chi connectivity index (χ2v) is 6.48. The number of carboxylic acid groups (broad SMARTS) is 1. The van der Waals surface area contributed by atoms with Gasteiger partial charge in [-0.25, -0.2) is 8.42 Å². The van der Waals surface area contributed by atoms with E-state index in [4.69, 9.17) is 9.84 Å². The zero-order valence-electron chi connectivity index (χ0n) is 10.8. The van der Waals surface area contributed by atoms with Crippen LogP contribution in [0.25, 0.3) is 0 Å². The van der Waals surface area contributed by atoms with Gasteiger partial charge in [-0.1, -0.05) is 0 Å². The zero-order valence-corrected chi connectivity index (χ0v) is 11.6. The minimum absolute atomic E-state index is 0.0372. The van der Waals surface area contributed by atoms with E-state index in [1.807, 2.05) is 0 Å². The van der Waals surface area contributed by atoms with Crippen molar-refractivity contribution in [3.63, 3.8) is 0 Å². The van der Waals surface area contributed by atoms with Crippen LogP contribution in [0.5, 0.6) is 0 Å². The van der Waals surface area contributed by atoms with Gasteiger partial charge in [-0.2, -0.15) is 4.31 Å². The molecule has 9 heteroatoms. The summed E-state index contributed by atoms with van der Waals surface area (Å²) in [5.41, 5.74) is 0. The Morgan fingerprint density at radius 3 is 2.74 bits per heavy atom. The topological polar surface area (TPSA) is 113 Å². The molecule has 1 amide bonds. The summed E-state index contributed by atoms with van der Waals surface area (Å²) in [6, 6.07) is -1.26. The molecule has 0 aliphatic carbocycles. The van der Waals surface area contributed by atoms with Crippen molar-refractivity contribution in [3.8, 4) is 0 Å². The lowest BCUT2D eigenvalue weighted by molar-refractivity contribution is -0.143. The molecule has 1 aliphatic heterocycles. The van der Waals surface area contributed by atoms with Crippen molar-refractivity contribution in [1.82, 2.24) is 9.62 Å². The number of hydrogen-bond acceptors (Lipinski definition) is 5. The molecule has 1 rings (SSSR count). The molecule has 0 bridgehead atoms. The molecule has 0 aromatic rings. The van der Waals surface area contributed by atoms with E-state index in [-0.39, 0.29) is 25.0 Å². The maximum Gasteiger partial charge on any atom is 0.323 e. The maximum atomic E-state index is 12.0. The van der Waals surface area contributed by atoms with Gasteiger partial charge in [0, 0.05) is 6.54 Å². The summed E-state index contributed by atoms with van der Waals surface area (Å²) in [6.45, 7) is 2.80. The van der Waals surface area contributed by atoms with Gasteiger partial charge in [-0.3, -0.25) is 9.59 Å². The molecule has 0 saturated carbocycles. The molecule has 1 saturated heterocycles. The normalized spacial score (nSPS) is 21.4. The number of aliphatic carboxylic acids is 1. The van der Waals surface area contributed by atoms with E-state index >= 15 is 0 Å². The summed E-state index contributed by atoms with van der Waals surface area (Å²) in [7, 11) is -3.84. The van der Waals surface area contributed by atoms with Gasteiger partial charge in [0.25, 0.3) is 0 Å². The molecule has 19 heavy (non-hydrogen) atoms. The Morgan fingerprint density at radius 1 is 1.58 bits per heavy atom. The van der Waals surface area contributed by atoms with Crippen LogP contribution in [0.15, 0.2) is 0 Å². The third kappa shape index (κ3) is 4.44. The van der Waals surface area contributed by atoms with Gasteiger partial charge in [-0.15, -0.1) is 0 Å². The fourth-order valence-corrected chi connectivity index (χ4v) is 3.04. The lowest BCUT2D eigenvalue weighted by Crippen LogP contribution is -2.59. The van der Waals surface area contributed by atoms with E-state index in [1.165, 1.54) is 0 Å². The summed E-state index contributed by atoms with van der Waals surface area (Å²) in [5, 5.41) is 11.3. The van der Waals surface area contributed by atoms with Crippen molar-refractivity contribution in [1.29, 1.82) is 0 Å². The Morgan fingerprint density at radius 2 is 2.21 bits per heavy atom. The molecule has 1 unspecified atom stereocenters. The molecule has 0 aromatic carbocycles. The van der Waals surface area contributed by atoms with Crippen LogP contribution in [0, 0.1) is 0 Å². The predicted molar refractivity (Wildman–Crippen MR) is 66.0 cm³/mol. The van der Waals surface area contributed by atoms with Gasteiger partial charge in [0.2, 0.25) is 15.9 Å². The Balaban J connectivity index is 2.77. The van der Waals surface area contributed by atoms with E-state index in [2.05, 4.69) is 5.32 Å². The van der Waals surface area contributed by atoms with Crippen molar-refractivity contribution in [2.45, 2.75) is 26.0 Å². The highest BCUT2D eigenvalue weighted by Crippen LogP contribution is 2.11. The molecule has 1 atom stereocenters. The quantitative estimate of drug-likeness (QED) is 0.624. The molecule has 1 heterocycles. The van der Waals surface area contributed by atoms with Crippen LogP contribution in [0.4, 0.5) is 0 Å². The molecular weight excluding hydrogens is 276 g/mol. The van der Waals surface area contributed by atoms with Crippen molar-refractivity contribution < 1.29 is 27.9 Å². The molecule has 0 radical (unpaired) electrons. The largest absolute Gasteiger partial charge is 0.480 e. The van der Waals surface area contributed by atoms with Crippen LogP contribution < -0.4 is 5.32 Å². The predicted octanol–water partition coefficient (Wildman–Crippen LogP) is -1.37. The Labute approximate surface area is 111 Å². The number of ether oxygens (including phenoxy) is 1. The molecule has 8 nitrogen and oxygen atoms in total. The Hall–Kier alpha value is -1.19. The van der Waals surface area contributed by atoms with Crippen LogP contribution in [-0.2, 0) is 24.3 Å². The lowest BCUT2D eigenvalue weighted by atomic mass is 10.2. The van der Waals surface area contributed by atoms with Gasteiger partial charge in [0.15, 0.2) is 0 Å². The van der Waals surface area contributed by atoms with Crippen LogP contribution in [0.3, 0.4) is 0 Å². The number of carboxylic acids is 1. The monoisotopic (exact) mass is 294 g/mol. The van der Waals surface area contributed by atoms with Gasteiger partial charge < -0.3 is 15.2 Å². The molecular formula is C10H18N2O6S. The first kappa shape index (κ1) is 15.9. The number of rotatable bonds is 6. The highest BCUT2D eigenvalue weighted by atomic mass is 32.2. The molecule has 0 spiro atoms. The van der Waals surface area contributed by atoms with Crippen LogP contribution in [0.1, 0.15) is 13.8 Å². The fourth-order valence-electron chi connectivity index (χ4n) is 1.63. The third-order valence-electron chi connectivity index (χ3n) is 2.57. The van der Waals surface area contributed by atoms with E-state index < -0.39 is 34.5 Å². The SMILES string of the molecule is CC(C)OCCS(=O)(=O)N1CC(=O)NCC1C(=O)O. The highest BCUT2D eigenvalue weighted by molar-refractivity contribution is 7.89. The minimum Gasteiger partial charge on any atom is -0.480 e. The first-order chi connectivity index (χ1) is 8.74. The van der Waals surface area contributed by atoms with E-state index in [9.17, 15) is 18.0 Å². The lowest BCUT2D eigenvalue weighted by Gasteiger charge is -2.31. The smallest absolute Gasteiger partial charge is 0.323 e. The van der Waals surface area contributed by atoms with Crippen LogP contribution in [0.2, 0.25) is 0 Å². The van der Waals surface area contributed by atoms with Gasteiger partial charge >= 0.3 is 5.97 Å². The van der Waals surface area contributed by atoms with Crippen molar-refractivity contribution in [2.75, 3.05) is 25.4 Å². The first-order valence-electron chi connectivity index (χ1n) is 5.84. The molecule has 1 aliphatic rings. The standard InChI is InChI=1S/C10H18N2O6S/c1-7(2)18-3-4-19(16,17)12-6-9(13)11-5-8(12)10(14)15/h7-8H,3-6H2,1-2H3,(H,11,13)(H,14,15). The number of nitrogens with one attached hydrogen (secondary N) is 1. The summed E-state index contributed by atoms with van der Waals surface area (Å²) >= 11 is 0. The number of piperazine rings is 1. The Bertz CT molecular complexity index is 447. The average Bonchev–Trinajstić information content (AvgIpc) is 2.27. The Kier molecular flexibility index (Phi) is 5.27. The fraction of sp³-hybridized carbons (Fsp3) is 0.800. The number of sulfonamides is 1. The average molecular weight is 294 g/mol. The highest BCUT2D eigenvalue weighted by Gasteiger charge is 2.39. The number of hydrogen-bond donors (Lipinski definition) is 2.